The van der Waals surface area contributed by atoms with Crippen LogP contribution in [0.5, 0.6) is 0 Å². The van der Waals surface area contributed by atoms with Crippen molar-refractivity contribution in [3.8, 4) is 0 Å². The molecule has 0 unspecified atom stereocenters. The van der Waals surface area contributed by atoms with Gasteiger partial charge in [-0.1, -0.05) is 41.9 Å². The summed E-state index contributed by atoms with van der Waals surface area (Å²) in [4.78, 5) is 35.7. The average Bonchev–Trinajstić information content (AvgIpc) is 2.68. The Kier molecular flexibility index (Phi) is 8.88. The molecule has 0 aliphatic rings. The van der Waals surface area contributed by atoms with Gasteiger partial charge in [0.05, 0.1) is 6.42 Å². The Morgan fingerprint density at radius 1 is 0.935 bits per heavy atom. The highest BCUT2D eigenvalue weighted by molar-refractivity contribution is 6.31. The molecule has 166 valence electrons. The first-order valence-corrected chi connectivity index (χ1v) is 10.4. The van der Waals surface area contributed by atoms with Gasteiger partial charge >= 0.3 is 6.09 Å². The second-order valence-corrected chi connectivity index (χ2v) is 8.38. The van der Waals surface area contributed by atoms with Crippen LogP contribution in [0.1, 0.15) is 38.3 Å². The number of amides is 3. The standard InChI is InChI=1S/C23H28ClN3O4/c1-23(2,3)31-22(30)25-13-12-20(28)26-15-16-8-10-18(11-9-16)27-21(29)14-17-6-4-5-7-19(17)24/h4-11H,12-15H2,1-3H3,(H,25,30)(H,26,28)(H,27,29). The first kappa shape index (κ1) is 24.2. The molecule has 0 bridgehead atoms. The summed E-state index contributed by atoms with van der Waals surface area (Å²) >= 11 is 6.08. The monoisotopic (exact) mass is 445 g/mol. The fourth-order valence-electron chi connectivity index (χ4n) is 2.61. The Morgan fingerprint density at radius 2 is 1.61 bits per heavy atom. The van der Waals surface area contributed by atoms with Crippen molar-refractivity contribution in [2.45, 2.75) is 45.8 Å². The van der Waals surface area contributed by atoms with Gasteiger partial charge in [0.1, 0.15) is 5.60 Å². The van der Waals surface area contributed by atoms with Crippen LogP contribution in [0.4, 0.5) is 10.5 Å². The number of ether oxygens (including phenoxy) is 1. The third-order valence-electron chi connectivity index (χ3n) is 4.06. The summed E-state index contributed by atoms with van der Waals surface area (Å²) in [6, 6.07) is 14.4. The van der Waals surface area contributed by atoms with Gasteiger partial charge in [0, 0.05) is 30.2 Å². The molecule has 3 amide bonds. The maximum atomic E-state index is 12.2. The maximum Gasteiger partial charge on any atom is 0.407 e. The van der Waals surface area contributed by atoms with Crippen LogP contribution in [0, 0.1) is 0 Å². The van der Waals surface area contributed by atoms with Gasteiger partial charge in [0.2, 0.25) is 11.8 Å². The van der Waals surface area contributed by atoms with Crippen molar-refractivity contribution >= 4 is 35.2 Å². The fourth-order valence-corrected chi connectivity index (χ4v) is 2.81. The van der Waals surface area contributed by atoms with Crippen molar-refractivity contribution < 1.29 is 19.1 Å². The maximum absolute atomic E-state index is 12.2. The minimum Gasteiger partial charge on any atom is -0.444 e. The third-order valence-corrected chi connectivity index (χ3v) is 4.43. The van der Waals surface area contributed by atoms with E-state index >= 15 is 0 Å². The van der Waals surface area contributed by atoms with Gasteiger partial charge < -0.3 is 20.7 Å². The van der Waals surface area contributed by atoms with Crippen LogP contribution < -0.4 is 16.0 Å². The number of carbonyl (C=O) groups excluding carboxylic acids is 3. The van der Waals surface area contributed by atoms with Crippen molar-refractivity contribution in [2.24, 2.45) is 0 Å². The Labute approximate surface area is 187 Å². The first-order valence-electron chi connectivity index (χ1n) is 9.98. The molecule has 0 atom stereocenters. The number of hydrogen-bond donors (Lipinski definition) is 3. The van der Waals surface area contributed by atoms with E-state index < -0.39 is 11.7 Å². The number of carbonyl (C=O) groups is 3. The zero-order chi connectivity index (χ0) is 22.9. The number of hydrogen-bond acceptors (Lipinski definition) is 4. The normalized spacial score (nSPS) is 10.8. The number of nitrogens with one attached hydrogen (secondary N) is 3. The topological polar surface area (TPSA) is 96.5 Å². The van der Waals surface area contributed by atoms with E-state index in [4.69, 9.17) is 16.3 Å². The van der Waals surface area contributed by atoms with Crippen LogP contribution in [0.15, 0.2) is 48.5 Å². The molecule has 0 aromatic heterocycles. The number of benzene rings is 2. The van der Waals surface area contributed by atoms with E-state index in [-0.39, 0.29) is 31.2 Å². The van der Waals surface area contributed by atoms with E-state index in [9.17, 15) is 14.4 Å². The Balaban J connectivity index is 1.71. The van der Waals surface area contributed by atoms with Crippen LogP contribution in [0.2, 0.25) is 5.02 Å². The second-order valence-electron chi connectivity index (χ2n) is 7.97. The SMILES string of the molecule is CC(C)(C)OC(=O)NCCC(=O)NCc1ccc(NC(=O)Cc2ccccc2Cl)cc1. The molecule has 0 spiro atoms. The van der Waals surface area contributed by atoms with Crippen LogP contribution in [-0.4, -0.2) is 30.1 Å². The average molecular weight is 446 g/mol. The van der Waals surface area contributed by atoms with E-state index in [0.29, 0.717) is 17.3 Å². The van der Waals surface area contributed by atoms with Gasteiger partial charge in [0.25, 0.3) is 0 Å². The van der Waals surface area contributed by atoms with E-state index in [1.807, 2.05) is 30.3 Å². The molecule has 7 nitrogen and oxygen atoms in total. The molecule has 31 heavy (non-hydrogen) atoms. The van der Waals surface area contributed by atoms with Crippen molar-refractivity contribution in [3.05, 3.63) is 64.7 Å². The van der Waals surface area contributed by atoms with Crippen molar-refractivity contribution in [3.63, 3.8) is 0 Å². The minimum absolute atomic E-state index is 0.148. The van der Waals surface area contributed by atoms with Gasteiger partial charge in [0.15, 0.2) is 0 Å². The smallest absolute Gasteiger partial charge is 0.407 e. The van der Waals surface area contributed by atoms with Gasteiger partial charge in [-0.25, -0.2) is 4.79 Å². The van der Waals surface area contributed by atoms with E-state index in [1.165, 1.54) is 0 Å². The Hall–Kier alpha value is -3.06. The molecule has 2 rings (SSSR count). The summed E-state index contributed by atoms with van der Waals surface area (Å²) < 4.78 is 5.11. The second kappa shape index (κ2) is 11.4. The number of halogens is 1. The molecule has 8 heteroatoms. The Bertz CT molecular complexity index is 908. The van der Waals surface area contributed by atoms with Gasteiger partial charge in [-0.05, 0) is 50.1 Å². The molecule has 0 radical (unpaired) electrons. The summed E-state index contributed by atoms with van der Waals surface area (Å²) in [5.41, 5.74) is 1.74. The van der Waals surface area contributed by atoms with E-state index in [0.717, 1.165) is 11.1 Å². The summed E-state index contributed by atoms with van der Waals surface area (Å²) in [5.74, 6) is -0.347. The molecule has 0 saturated heterocycles. The summed E-state index contributed by atoms with van der Waals surface area (Å²) in [6.07, 6.45) is -0.211. The van der Waals surface area contributed by atoms with Crippen molar-refractivity contribution in [1.82, 2.24) is 10.6 Å². The van der Waals surface area contributed by atoms with Gasteiger partial charge in [-0.2, -0.15) is 0 Å². The van der Waals surface area contributed by atoms with E-state index in [2.05, 4.69) is 16.0 Å². The molecule has 0 aliphatic carbocycles. The number of anilines is 1. The van der Waals surface area contributed by atoms with E-state index in [1.54, 1.807) is 39.0 Å². The van der Waals surface area contributed by atoms with Crippen LogP contribution >= 0.6 is 11.6 Å². The molecule has 0 heterocycles. The molecule has 0 fully saturated rings. The lowest BCUT2D eigenvalue weighted by Crippen LogP contribution is -2.35. The van der Waals surface area contributed by atoms with Crippen LogP contribution in [0.25, 0.3) is 0 Å². The molecule has 3 N–H and O–H groups in total. The lowest BCUT2D eigenvalue weighted by molar-refractivity contribution is -0.121. The number of alkyl carbamates (subject to hydrolysis) is 1. The molecule has 0 aliphatic heterocycles. The Morgan fingerprint density at radius 3 is 2.26 bits per heavy atom. The predicted octanol–water partition coefficient (Wildman–Crippen LogP) is 4.05. The lowest BCUT2D eigenvalue weighted by atomic mass is 10.1. The highest BCUT2D eigenvalue weighted by Gasteiger charge is 2.15. The highest BCUT2D eigenvalue weighted by atomic mass is 35.5. The fraction of sp³-hybridized carbons (Fsp3) is 0.348. The largest absolute Gasteiger partial charge is 0.444 e. The molecule has 2 aromatic carbocycles. The minimum atomic E-state index is -0.577. The molecular formula is C23H28ClN3O4. The van der Waals surface area contributed by atoms with Gasteiger partial charge in [-0.3, -0.25) is 9.59 Å². The first-order chi connectivity index (χ1) is 14.6. The molecule has 0 saturated carbocycles. The molecular weight excluding hydrogens is 418 g/mol. The third kappa shape index (κ3) is 9.53. The highest BCUT2D eigenvalue weighted by Crippen LogP contribution is 2.16. The predicted molar refractivity (Wildman–Crippen MR) is 121 cm³/mol. The zero-order valence-corrected chi connectivity index (χ0v) is 18.7. The quantitative estimate of drug-likeness (QED) is 0.571. The van der Waals surface area contributed by atoms with Gasteiger partial charge in [-0.15, -0.1) is 0 Å². The number of rotatable bonds is 8. The summed E-state index contributed by atoms with van der Waals surface area (Å²) in [6.45, 7) is 5.86. The summed E-state index contributed by atoms with van der Waals surface area (Å²) in [5, 5.41) is 8.72. The van der Waals surface area contributed by atoms with Crippen LogP contribution in [-0.2, 0) is 27.3 Å². The zero-order valence-electron chi connectivity index (χ0n) is 18.0. The van der Waals surface area contributed by atoms with Crippen LogP contribution in [0.3, 0.4) is 0 Å². The lowest BCUT2D eigenvalue weighted by Gasteiger charge is -2.19. The van der Waals surface area contributed by atoms with Crippen molar-refractivity contribution in [1.29, 1.82) is 0 Å². The molecule has 2 aromatic rings. The van der Waals surface area contributed by atoms with Crippen molar-refractivity contribution in [2.75, 3.05) is 11.9 Å². The summed E-state index contributed by atoms with van der Waals surface area (Å²) in [7, 11) is 0.